The number of fused-ring (bicyclic) bond motifs is 1. The number of hydrogen-bond acceptors (Lipinski definition) is 5. The molecular formula is C24H27N4O2S+. The van der Waals surface area contributed by atoms with Crippen molar-refractivity contribution in [1.82, 2.24) is 14.6 Å². The quantitative estimate of drug-likeness (QED) is 0.488. The van der Waals surface area contributed by atoms with Crippen LogP contribution in [0.25, 0.3) is 4.96 Å². The van der Waals surface area contributed by atoms with Gasteiger partial charge in [0.15, 0.2) is 6.04 Å². The van der Waals surface area contributed by atoms with Crippen LogP contribution >= 0.6 is 11.3 Å². The fourth-order valence-electron chi connectivity index (χ4n) is 4.76. The second kappa shape index (κ2) is 8.69. The highest BCUT2D eigenvalue weighted by atomic mass is 32.1. The summed E-state index contributed by atoms with van der Waals surface area (Å²) in [5.74, 6) is 1.73. The van der Waals surface area contributed by atoms with Gasteiger partial charge in [0.05, 0.1) is 20.2 Å². The number of aromatic nitrogens is 3. The third kappa shape index (κ3) is 4.03. The Morgan fingerprint density at radius 3 is 2.71 bits per heavy atom. The molecule has 0 amide bonds. The Kier molecular flexibility index (Phi) is 5.61. The molecule has 2 aromatic heterocycles. The minimum absolute atomic E-state index is 0.0290. The van der Waals surface area contributed by atoms with E-state index in [1.165, 1.54) is 45.5 Å². The number of nitrogens with one attached hydrogen (secondary N) is 1. The number of thiazole rings is 1. The second-order valence-corrected chi connectivity index (χ2v) is 9.25. The molecule has 7 heteroatoms. The molecule has 0 bridgehead atoms. The zero-order chi connectivity index (χ0) is 21.2. The predicted octanol–water partition coefficient (Wildman–Crippen LogP) is 3.13. The second-order valence-electron chi connectivity index (χ2n) is 8.25. The largest absolute Gasteiger partial charge is 0.497 e. The smallest absolute Gasteiger partial charge is 0.235 e. The molecule has 0 spiro atoms. The average Bonchev–Trinajstić information content (AvgIpc) is 3.39. The van der Waals surface area contributed by atoms with E-state index in [-0.39, 0.29) is 11.9 Å². The predicted molar refractivity (Wildman–Crippen MR) is 121 cm³/mol. The lowest BCUT2D eigenvalue weighted by Crippen LogP contribution is -3.13. The van der Waals surface area contributed by atoms with Crippen molar-refractivity contribution < 1.29 is 14.7 Å². The van der Waals surface area contributed by atoms with Crippen LogP contribution in [-0.4, -0.2) is 39.9 Å². The van der Waals surface area contributed by atoms with Crippen molar-refractivity contribution in [3.05, 3.63) is 76.9 Å². The number of ether oxygens (including phenoxy) is 1. The molecule has 0 unspecified atom stereocenters. The summed E-state index contributed by atoms with van der Waals surface area (Å²) in [6, 6.07) is 19.0. The van der Waals surface area contributed by atoms with Crippen LogP contribution in [-0.2, 0) is 6.42 Å². The first-order valence-electron chi connectivity index (χ1n) is 10.8. The van der Waals surface area contributed by atoms with Crippen LogP contribution < -0.4 is 9.64 Å². The number of methoxy groups -OCH3 is 1. The van der Waals surface area contributed by atoms with Crippen LogP contribution in [0.1, 0.15) is 34.9 Å². The molecule has 31 heavy (non-hydrogen) atoms. The summed E-state index contributed by atoms with van der Waals surface area (Å²) < 4.78 is 7.02. The summed E-state index contributed by atoms with van der Waals surface area (Å²) in [7, 11) is 1.69. The van der Waals surface area contributed by atoms with E-state index >= 15 is 0 Å². The van der Waals surface area contributed by atoms with Crippen molar-refractivity contribution in [2.45, 2.75) is 25.3 Å². The van der Waals surface area contributed by atoms with Gasteiger partial charge < -0.3 is 14.7 Å². The first kappa shape index (κ1) is 20.0. The van der Waals surface area contributed by atoms with Gasteiger partial charge in [0.2, 0.25) is 10.8 Å². The van der Waals surface area contributed by atoms with Crippen LogP contribution in [0.15, 0.2) is 60.9 Å². The van der Waals surface area contributed by atoms with E-state index in [1.54, 1.807) is 7.11 Å². The monoisotopic (exact) mass is 435 g/mol. The summed E-state index contributed by atoms with van der Waals surface area (Å²) >= 11 is 1.52. The Labute approximate surface area is 185 Å². The van der Waals surface area contributed by atoms with Gasteiger partial charge in [-0.15, -0.1) is 0 Å². The summed E-state index contributed by atoms with van der Waals surface area (Å²) in [4.78, 5) is 7.40. The lowest BCUT2D eigenvalue weighted by atomic mass is 9.88. The van der Waals surface area contributed by atoms with Crippen molar-refractivity contribution in [2.24, 2.45) is 5.92 Å². The SMILES string of the molecule is COc1cccc([C@@H](c2sc3ncnn3c2O)[NH+]2CCC(Cc3ccccc3)CC2)c1. The lowest BCUT2D eigenvalue weighted by molar-refractivity contribution is -0.931. The molecule has 4 aromatic rings. The zero-order valence-corrected chi connectivity index (χ0v) is 18.4. The Bertz CT molecular complexity index is 1150. The van der Waals surface area contributed by atoms with E-state index in [4.69, 9.17) is 4.74 Å². The minimum atomic E-state index is 0.0290. The van der Waals surface area contributed by atoms with Crippen LogP contribution in [0.3, 0.4) is 0 Å². The summed E-state index contributed by atoms with van der Waals surface area (Å²) in [6.07, 6.45) is 4.97. The van der Waals surface area contributed by atoms with E-state index in [0.717, 1.165) is 40.7 Å². The number of hydrogen-bond donors (Lipinski definition) is 2. The molecule has 6 nitrogen and oxygen atoms in total. The molecule has 1 fully saturated rings. The number of benzene rings is 2. The van der Waals surface area contributed by atoms with Gasteiger partial charge in [0.1, 0.15) is 17.0 Å². The van der Waals surface area contributed by atoms with Gasteiger partial charge in [0, 0.05) is 5.56 Å². The van der Waals surface area contributed by atoms with Gasteiger partial charge in [-0.1, -0.05) is 53.8 Å². The van der Waals surface area contributed by atoms with Gasteiger partial charge in [-0.25, -0.2) is 4.98 Å². The molecule has 1 saturated heterocycles. The zero-order valence-electron chi connectivity index (χ0n) is 17.6. The molecule has 1 aliphatic rings. The maximum absolute atomic E-state index is 10.9. The van der Waals surface area contributed by atoms with Gasteiger partial charge in [-0.3, -0.25) is 0 Å². The number of aromatic hydroxyl groups is 1. The highest BCUT2D eigenvalue weighted by molar-refractivity contribution is 7.17. The summed E-state index contributed by atoms with van der Waals surface area (Å²) in [5.41, 5.74) is 2.57. The van der Waals surface area contributed by atoms with Gasteiger partial charge in [-0.2, -0.15) is 9.61 Å². The molecule has 3 heterocycles. The Hall–Kier alpha value is -2.90. The Balaban J connectivity index is 1.42. The number of rotatable bonds is 6. The van der Waals surface area contributed by atoms with Crippen molar-refractivity contribution in [3.8, 4) is 11.6 Å². The molecule has 1 aliphatic heterocycles. The molecule has 0 radical (unpaired) electrons. The third-order valence-corrected chi connectivity index (χ3v) is 7.45. The van der Waals surface area contributed by atoms with Crippen molar-refractivity contribution in [2.75, 3.05) is 20.2 Å². The van der Waals surface area contributed by atoms with E-state index in [2.05, 4.69) is 52.5 Å². The number of quaternary nitrogens is 1. The highest BCUT2D eigenvalue weighted by Crippen LogP contribution is 2.36. The molecule has 0 aliphatic carbocycles. The van der Waals surface area contributed by atoms with Crippen molar-refractivity contribution >= 4 is 16.3 Å². The van der Waals surface area contributed by atoms with E-state index < -0.39 is 0 Å². The molecule has 2 N–H and O–H groups in total. The fraction of sp³-hybridized carbons (Fsp3) is 0.333. The van der Waals surface area contributed by atoms with Crippen molar-refractivity contribution in [1.29, 1.82) is 0 Å². The van der Waals surface area contributed by atoms with Gasteiger partial charge in [-0.05, 0) is 42.9 Å². The van der Waals surface area contributed by atoms with Gasteiger partial charge >= 0.3 is 0 Å². The maximum Gasteiger partial charge on any atom is 0.235 e. The first-order chi connectivity index (χ1) is 15.2. The fourth-order valence-corrected chi connectivity index (χ4v) is 5.88. The molecule has 160 valence electrons. The Morgan fingerprint density at radius 2 is 1.97 bits per heavy atom. The normalized spacial score (nSPS) is 20.0. The Morgan fingerprint density at radius 1 is 1.16 bits per heavy atom. The maximum atomic E-state index is 10.9. The van der Waals surface area contributed by atoms with E-state index in [0.29, 0.717) is 5.92 Å². The van der Waals surface area contributed by atoms with E-state index in [1.807, 2.05) is 12.1 Å². The average molecular weight is 436 g/mol. The number of piperidine rings is 1. The number of nitrogens with zero attached hydrogens (tertiary/aromatic N) is 3. The van der Waals surface area contributed by atoms with Gasteiger partial charge in [0.25, 0.3) is 0 Å². The van der Waals surface area contributed by atoms with Crippen LogP contribution in [0.4, 0.5) is 0 Å². The molecule has 1 atom stereocenters. The first-order valence-corrected chi connectivity index (χ1v) is 11.6. The minimum Gasteiger partial charge on any atom is -0.497 e. The van der Waals surface area contributed by atoms with E-state index in [9.17, 15) is 5.11 Å². The molecule has 2 aromatic carbocycles. The molecule has 0 saturated carbocycles. The molecular weight excluding hydrogens is 408 g/mol. The highest BCUT2D eigenvalue weighted by Gasteiger charge is 2.35. The van der Waals surface area contributed by atoms with Crippen molar-refractivity contribution in [3.63, 3.8) is 0 Å². The van der Waals surface area contributed by atoms with Crippen LogP contribution in [0.2, 0.25) is 0 Å². The topological polar surface area (TPSA) is 64.1 Å². The summed E-state index contributed by atoms with van der Waals surface area (Å²) in [6.45, 7) is 2.12. The lowest BCUT2D eigenvalue weighted by Gasteiger charge is -2.34. The van der Waals surface area contributed by atoms with Crippen LogP contribution in [0, 0.1) is 5.92 Å². The standard InChI is InChI=1S/C24H26N4O2S/c1-30-20-9-5-8-19(15-20)21(22-23(29)28-24(31-22)25-16-26-28)27-12-10-18(11-13-27)14-17-6-3-2-4-7-17/h2-9,15-16,18,21,29H,10-14H2,1H3/p+1/t21-/m0/s1. The molecule has 5 rings (SSSR count). The number of likely N-dealkylation sites (tertiary alicyclic amines) is 1. The summed E-state index contributed by atoms with van der Waals surface area (Å²) in [5, 5.41) is 15.1. The van der Waals surface area contributed by atoms with Crippen LogP contribution in [0.5, 0.6) is 11.6 Å². The third-order valence-electron chi connectivity index (χ3n) is 6.35.